The third kappa shape index (κ3) is 4.10. The molecule has 2 aromatic rings. The van der Waals surface area contributed by atoms with Crippen LogP contribution in [0.2, 0.25) is 0 Å². The number of piperidine rings is 2. The van der Waals surface area contributed by atoms with Crippen LogP contribution in [0.25, 0.3) is 0 Å². The van der Waals surface area contributed by atoms with E-state index in [1.807, 2.05) is 18.2 Å². The molecule has 160 valence electrons. The van der Waals surface area contributed by atoms with Gasteiger partial charge in [0.2, 0.25) is 5.91 Å². The monoisotopic (exact) mass is 416 g/mol. The van der Waals surface area contributed by atoms with Gasteiger partial charge in [-0.15, -0.1) is 0 Å². The lowest BCUT2D eigenvalue weighted by molar-refractivity contribution is -0.173. The topological polar surface area (TPSA) is 32.3 Å². The SMILES string of the molecule is O=C(C(c1ccccc1)C(F)(F)F)N1CCC2(CCNCC2c2ccccc2)CC1. The number of hydrogen-bond acceptors (Lipinski definition) is 2. The Labute approximate surface area is 175 Å². The van der Waals surface area contributed by atoms with Crippen LogP contribution in [0, 0.1) is 5.41 Å². The number of amides is 1. The maximum atomic E-state index is 13.8. The van der Waals surface area contributed by atoms with Gasteiger partial charge in [-0.25, -0.2) is 0 Å². The van der Waals surface area contributed by atoms with Crippen LogP contribution in [0.1, 0.15) is 42.2 Å². The molecule has 1 spiro atoms. The van der Waals surface area contributed by atoms with Gasteiger partial charge in [-0.1, -0.05) is 60.7 Å². The standard InChI is InChI=1S/C24H27F3N2O/c25-24(26,27)21(19-9-5-2-6-10-19)22(30)29-15-12-23(13-16-29)11-14-28-17-20(23)18-7-3-1-4-8-18/h1-10,20-21,28H,11-17H2. The van der Waals surface area contributed by atoms with Crippen molar-refractivity contribution in [2.45, 2.75) is 37.3 Å². The fraction of sp³-hybridized carbons (Fsp3) is 0.458. The number of likely N-dealkylation sites (tertiary alicyclic amines) is 1. The molecule has 0 saturated carbocycles. The summed E-state index contributed by atoms with van der Waals surface area (Å²) >= 11 is 0. The van der Waals surface area contributed by atoms with Crippen molar-refractivity contribution in [2.24, 2.45) is 5.41 Å². The van der Waals surface area contributed by atoms with Gasteiger partial charge in [0.1, 0.15) is 0 Å². The summed E-state index contributed by atoms with van der Waals surface area (Å²) in [5.41, 5.74) is 1.31. The fourth-order valence-corrected chi connectivity index (χ4v) is 5.20. The second-order valence-electron chi connectivity index (χ2n) is 8.49. The minimum Gasteiger partial charge on any atom is -0.342 e. The summed E-state index contributed by atoms with van der Waals surface area (Å²) in [7, 11) is 0. The van der Waals surface area contributed by atoms with Crippen LogP contribution >= 0.6 is 0 Å². The van der Waals surface area contributed by atoms with Crippen molar-refractivity contribution >= 4 is 5.91 Å². The third-order valence-corrected chi connectivity index (χ3v) is 6.87. The molecule has 1 amide bonds. The van der Waals surface area contributed by atoms with Gasteiger partial charge in [0.15, 0.2) is 5.92 Å². The zero-order valence-corrected chi connectivity index (χ0v) is 16.9. The zero-order chi connectivity index (χ0) is 21.2. The number of benzene rings is 2. The Kier molecular flexibility index (Phi) is 5.87. The van der Waals surface area contributed by atoms with Crippen molar-refractivity contribution in [2.75, 3.05) is 26.2 Å². The molecule has 2 fully saturated rings. The Morgan fingerprint density at radius 3 is 2.17 bits per heavy atom. The number of carbonyl (C=O) groups is 1. The fourth-order valence-electron chi connectivity index (χ4n) is 5.20. The van der Waals surface area contributed by atoms with Crippen LogP contribution in [0.3, 0.4) is 0 Å². The number of hydrogen-bond donors (Lipinski definition) is 1. The highest BCUT2D eigenvalue weighted by atomic mass is 19.4. The molecule has 2 saturated heterocycles. The number of halogens is 3. The first kappa shape index (κ1) is 20.9. The van der Waals surface area contributed by atoms with E-state index in [4.69, 9.17) is 0 Å². The van der Waals surface area contributed by atoms with Crippen LogP contribution in [0.5, 0.6) is 0 Å². The number of nitrogens with one attached hydrogen (secondary N) is 1. The predicted octanol–water partition coefficient (Wildman–Crippen LogP) is 4.72. The summed E-state index contributed by atoms with van der Waals surface area (Å²) in [4.78, 5) is 14.4. The Morgan fingerprint density at radius 2 is 1.57 bits per heavy atom. The minimum atomic E-state index is -4.60. The van der Waals surface area contributed by atoms with Crippen molar-refractivity contribution < 1.29 is 18.0 Å². The molecule has 3 nitrogen and oxygen atoms in total. The zero-order valence-electron chi connectivity index (χ0n) is 16.9. The lowest BCUT2D eigenvalue weighted by atomic mass is 9.62. The van der Waals surface area contributed by atoms with E-state index in [-0.39, 0.29) is 11.0 Å². The normalized spacial score (nSPS) is 22.6. The first-order valence-corrected chi connectivity index (χ1v) is 10.6. The molecule has 0 aliphatic carbocycles. The molecule has 4 rings (SSSR count). The average molecular weight is 416 g/mol. The maximum absolute atomic E-state index is 13.8. The van der Waals surface area contributed by atoms with Crippen LogP contribution in [-0.2, 0) is 4.79 Å². The van der Waals surface area contributed by atoms with E-state index in [0.29, 0.717) is 19.0 Å². The highest BCUT2D eigenvalue weighted by Crippen LogP contribution is 2.49. The second kappa shape index (κ2) is 8.42. The Bertz CT molecular complexity index is 846. The molecule has 30 heavy (non-hydrogen) atoms. The highest BCUT2D eigenvalue weighted by molar-refractivity contribution is 5.84. The van der Waals surface area contributed by atoms with E-state index in [2.05, 4.69) is 17.4 Å². The number of nitrogens with zero attached hydrogens (tertiary/aromatic N) is 1. The molecule has 2 atom stereocenters. The average Bonchev–Trinajstić information content (AvgIpc) is 2.75. The van der Waals surface area contributed by atoms with Gasteiger partial charge in [0.25, 0.3) is 0 Å². The smallest absolute Gasteiger partial charge is 0.342 e. The largest absolute Gasteiger partial charge is 0.404 e. The molecule has 0 radical (unpaired) electrons. The van der Waals surface area contributed by atoms with Gasteiger partial charge in [-0.3, -0.25) is 4.79 Å². The lowest BCUT2D eigenvalue weighted by Crippen LogP contribution is -2.52. The Hall–Kier alpha value is -2.34. The summed E-state index contributed by atoms with van der Waals surface area (Å²) < 4.78 is 41.4. The molecule has 2 aliphatic heterocycles. The summed E-state index contributed by atoms with van der Waals surface area (Å²) in [5.74, 6) is -2.60. The molecule has 0 aromatic heterocycles. The Balaban J connectivity index is 1.52. The predicted molar refractivity (Wildman–Crippen MR) is 110 cm³/mol. The van der Waals surface area contributed by atoms with E-state index >= 15 is 0 Å². The number of carbonyl (C=O) groups excluding carboxylic acids is 1. The van der Waals surface area contributed by atoms with Gasteiger partial charge in [0, 0.05) is 25.6 Å². The van der Waals surface area contributed by atoms with Crippen LogP contribution in [0.4, 0.5) is 13.2 Å². The van der Waals surface area contributed by atoms with Crippen molar-refractivity contribution in [1.29, 1.82) is 0 Å². The van der Waals surface area contributed by atoms with Gasteiger partial charge in [-0.05, 0) is 42.3 Å². The van der Waals surface area contributed by atoms with Crippen LogP contribution < -0.4 is 5.32 Å². The van der Waals surface area contributed by atoms with Crippen molar-refractivity contribution in [3.05, 3.63) is 71.8 Å². The first-order chi connectivity index (χ1) is 14.4. The van der Waals surface area contributed by atoms with Gasteiger partial charge < -0.3 is 10.2 Å². The molecule has 2 heterocycles. The number of alkyl halides is 3. The summed E-state index contributed by atoms with van der Waals surface area (Å²) in [6.07, 6.45) is -2.15. The quantitative estimate of drug-likeness (QED) is 0.785. The van der Waals surface area contributed by atoms with E-state index in [1.165, 1.54) is 22.6 Å². The summed E-state index contributed by atoms with van der Waals surface area (Å²) in [6.45, 7) is 2.53. The summed E-state index contributed by atoms with van der Waals surface area (Å²) in [5, 5.41) is 3.47. The maximum Gasteiger partial charge on any atom is 0.404 e. The number of rotatable bonds is 3. The lowest BCUT2D eigenvalue weighted by Gasteiger charge is -2.50. The molecule has 2 aromatic carbocycles. The minimum absolute atomic E-state index is 0.0133. The molecule has 2 unspecified atom stereocenters. The van der Waals surface area contributed by atoms with Crippen molar-refractivity contribution in [3.8, 4) is 0 Å². The van der Waals surface area contributed by atoms with E-state index < -0.39 is 18.0 Å². The first-order valence-electron chi connectivity index (χ1n) is 10.6. The summed E-state index contributed by atoms with van der Waals surface area (Å²) in [6, 6.07) is 17.9. The van der Waals surface area contributed by atoms with Crippen LogP contribution in [-0.4, -0.2) is 43.2 Å². The van der Waals surface area contributed by atoms with Crippen LogP contribution in [0.15, 0.2) is 60.7 Å². The third-order valence-electron chi connectivity index (χ3n) is 6.87. The molecule has 6 heteroatoms. The highest BCUT2D eigenvalue weighted by Gasteiger charge is 2.50. The van der Waals surface area contributed by atoms with E-state index in [1.54, 1.807) is 18.2 Å². The molecule has 1 N–H and O–H groups in total. The van der Waals surface area contributed by atoms with E-state index in [0.717, 1.165) is 32.4 Å². The van der Waals surface area contributed by atoms with Gasteiger partial charge >= 0.3 is 6.18 Å². The van der Waals surface area contributed by atoms with Crippen molar-refractivity contribution in [1.82, 2.24) is 10.2 Å². The molecular formula is C24H27F3N2O. The molecule has 2 aliphatic rings. The molecule has 0 bridgehead atoms. The molecular weight excluding hydrogens is 389 g/mol. The van der Waals surface area contributed by atoms with Gasteiger partial charge in [-0.2, -0.15) is 13.2 Å². The van der Waals surface area contributed by atoms with Gasteiger partial charge in [0.05, 0.1) is 0 Å². The Morgan fingerprint density at radius 1 is 0.967 bits per heavy atom. The van der Waals surface area contributed by atoms with E-state index in [9.17, 15) is 18.0 Å². The van der Waals surface area contributed by atoms with Crippen molar-refractivity contribution in [3.63, 3.8) is 0 Å². The second-order valence-corrected chi connectivity index (χ2v) is 8.49.